The molecule has 0 spiro atoms. The van der Waals surface area contributed by atoms with Crippen LogP contribution in [0.15, 0.2) is 41.4 Å². The first-order valence-corrected chi connectivity index (χ1v) is 16.5. The van der Waals surface area contributed by atoms with Gasteiger partial charge in [0.2, 0.25) is 0 Å². The first-order valence-electron chi connectivity index (χ1n) is 15.4. The summed E-state index contributed by atoms with van der Waals surface area (Å²) in [6, 6.07) is 10.0. The monoisotopic (exact) mass is 651 g/mol. The summed E-state index contributed by atoms with van der Waals surface area (Å²) in [7, 11) is -1.72. The van der Waals surface area contributed by atoms with Crippen LogP contribution in [0, 0.1) is 0 Å². The summed E-state index contributed by atoms with van der Waals surface area (Å²) in [6.07, 6.45) is -1.37. The smallest absolute Gasteiger partial charge is 0.419 e. The number of benzene rings is 2. The molecule has 0 N–H and O–H groups in total. The SMILES string of the molecule is CC1=NC(CCc2ccc(OCCCc3ccc4c(c3)CCC4=O)c(C(F)(F)F)c2)(COP(OC(C)(C)C)OC(C)(C)C)CO1. The van der Waals surface area contributed by atoms with Gasteiger partial charge in [0.05, 0.1) is 30.0 Å². The van der Waals surface area contributed by atoms with Crippen molar-refractivity contribution < 1.29 is 41.0 Å². The van der Waals surface area contributed by atoms with Gasteiger partial charge in [0.25, 0.3) is 0 Å². The third-order valence-corrected chi connectivity index (χ3v) is 9.00. The topological polar surface area (TPSA) is 75.6 Å². The van der Waals surface area contributed by atoms with Crippen LogP contribution in [0.25, 0.3) is 0 Å². The van der Waals surface area contributed by atoms with Crippen molar-refractivity contribution in [3.63, 3.8) is 0 Å². The number of nitrogens with zero attached hydrogens (tertiary/aromatic N) is 1. The normalized spacial score (nSPS) is 18.7. The lowest BCUT2D eigenvalue weighted by Gasteiger charge is -2.32. The molecule has 0 radical (unpaired) electrons. The minimum atomic E-state index is -4.58. The van der Waals surface area contributed by atoms with Crippen molar-refractivity contribution in [3.05, 3.63) is 64.2 Å². The molecule has 0 bridgehead atoms. The van der Waals surface area contributed by atoms with Gasteiger partial charge >= 0.3 is 14.8 Å². The summed E-state index contributed by atoms with van der Waals surface area (Å²) in [4.78, 5) is 16.6. The molecule has 0 saturated carbocycles. The zero-order valence-corrected chi connectivity index (χ0v) is 28.2. The number of ether oxygens (including phenoxy) is 2. The molecule has 2 aromatic rings. The second-order valence-corrected chi connectivity index (χ2v) is 14.8. The summed E-state index contributed by atoms with van der Waals surface area (Å²) in [5.41, 5.74) is 0.792. The van der Waals surface area contributed by atoms with Gasteiger partial charge in [-0.25, -0.2) is 4.99 Å². The molecule has 11 heteroatoms. The Kier molecular flexibility index (Phi) is 11.1. The van der Waals surface area contributed by atoms with Crippen LogP contribution in [0.1, 0.15) is 100 Å². The Labute approximate surface area is 265 Å². The zero-order valence-electron chi connectivity index (χ0n) is 27.3. The molecule has 0 aromatic heterocycles. The molecule has 45 heavy (non-hydrogen) atoms. The Hall–Kier alpha value is -2.52. The first-order chi connectivity index (χ1) is 20.9. The zero-order chi connectivity index (χ0) is 33.0. The van der Waals surface area contributed by atoms with Crippen molar-refractivity contribution in [3.8, 4) is 5.75 Å². The van der Waals surface area contributed by atoms with E-state index in [0.717, 1.165) is 29.2 Å². The maximum absolute atomic E-state index is 14.1. The van der Waals surface area contributed by atoms with E-state index in [4.69, 9.17) is 28.0 Å². The van der Waals surface area contributed by atoms with Crippen LogP contribution < -0.4 is 4.74 Å². The van der Waals surface area contributed by atoms with Crippen molar-refractivity contribution >= 4 is 20.3 Å². The number of rotatable bonds is 13. The fourth-order valence-corrected chi connectivity index (χ4v) is 6.57. The highest BCUT2D eigenvalue weighted by Gasteiger charge is 2.39. The molecule has 0 saturated heterocycles. The van der Waals surface area contributed by atoms with Gasteiger partial charge in [-0.3, -0.25) is 4.79 Å². The van der Waals surface area contributed by atoms with E-state index in [1.807, 2.05) is 59.7 Å². The molecule has 0 fully saturated rings. The van der Waals surface area contributed by atoms with E-state index in [-0.39, 0.29) is 31.4 Å². The van der Waals surface area contributed by atoms with Crippen LogP contribution in [0.5, 0.6) is 5.75 Å². The van der Waals surface area contributed by atoms with E-state index >= 15 is 0 Å². The van der Waals surface area contributed by atoms with Crippen LogP contribution in [0.2, 0.25) is 0 Å². The number of carbonyl (C=O) groups excluding carboxylic acids is 1. The molecule has 7 nitrogen and oxygen atoms in total. The highest BCUT2D eigenvalue weighted by Crippen LogP contribution is 2.48. The average Bonchev–Trinajstić information content (AvgIpc) is 3.48. The molecule has 2 aromatic carbocycles. The van der Waals surface area contributed by atoms with Gasteiger partial charge in [-0.05, 0) is 102 Å². The molecular formula is C34H45F3NO6P. The van der Waals surface area contributed by atoms with Gasteiger partial charge in [0.15, 0.2) is 11.7 Å². The maximum Gasteiger partial charge on any atom is 0.419 e. The number of Topliss-reactive ketones (excluding diaryl/α,β-unsaturated/α-hetero) is 1. The standard InChI is InChI=1S/C34H45F3NO6P/c1-23-38-33(21-41-23,22-42-45(43-31(2,3)4)44-32(5,6)7)17-16-25-11-15-30(28(20-25)34(35,36)37)40-18-8-9-24-10-13-27-26(19-24)12-14-29(27)39/h10-11,13,15,19-20H,8-9,12,14,16-18,21-22H2,1-7H3. The number of hydrogen-bond donors (Lipinski definition) is 0. The number of hydrogen-bond acceptors (Lipinski definition) is 7. The van der Waals surface area contributed by atoms with Crippen molar-refractivity contribution in [2.45, 2.75) is 110 Å². The summed E-state index contributed by atoms with van der Waals surface area (Å²) in [5.74, 6) is 0.479. The molecule has 1 aliphatic heterocycles. The molecule has 1 aliphatic carbocycles. The summed E-state index contributed by atoms with van der Waals surface area (Å²) >= 11 is 0. The van der Waals surface area contributed by atoms with Gasteiger partial charge in [-0.1, -0.05) is 24.3 Å². The highest BCUT2D eigenvalue weighted by molar-refractivity contribution is 7.41. The number of aryl methyl sites for hydroxylation is 3. The number of ketones is 1. The molecule has 0 amide bonds. The molecule has 248 valence electrons. The number of fused-ring (bicyclic) bond motifs is 1. The first kappa shape index (κ1) is 35.3. The third-order valence-electron chi connectivity index (χ3n) is 7.27. The molecule has 1 atom stereocenters. The van der Waals surface area contributed by atoms with Gasteiger partial charge in [-0.15, -0.1) is 0 Å². The lowest BCUT2D eigenvalue weighted by Crippen LogP contribution is -2.35. The van der Waals surface area contributed by atoms with Gasteiger partial charge in [0.1, 0.15) is 17.9 Å². The second-order valence-electron chi connectivity index (χ2n) is 13.7. The van der Waals surface area contributed by atoms with E-state index in [1.165, 1.54) is 6.07 Å². The van der Waals surface area contributed by atoms with Crippen LogP contribution in [-0.4, -0.2) is 48.2 Å². The number of halogens is 3. The Bertz CT molecular complexity index is 1370. The molecular weight excluding hydrogens is 606 g/mol. The van der Waals surface area contributed by atoms with Crippen LogP contribution in [-0.2, 0) is 43.7 Å². The van der Waals surface area contributed by atoms with Crippen molar-refractivity contribution in [1.29, 1.82) is 0 Å². The Morgan fingerprint density at radius 3 is 2.22 bits per heavy atom. The van der Waals surface area contributed by atoms with Crippen LogP contribution in [0.3, 0.4) is 0 Å². The third kappa shape index (κ3) is 10.5. The lowest BCUT2D eigenvalue weighted by atomic mass is 9.93. The minimum Gasteiger partial charge on any atom is -0.493 e. The van der Waals surface area contributed by atoms with Crippen molar-refractivity contribution in [1.82, 2.24) is 0 Å². The van der Waals surface area contributed by atoms with E-state index in [9.17, 15) is 18.0 Å². The Morgan fingerprint density at radius 1 is 0.933 bits per heavy atom. The molecule has 1 heterocycles. The van der Waals surface area contributed by atoms with Gasteiger partial charge in [0, 0.05) is 18.9 Å². The lowest BCUT2D eigenvalue weighted by molar-refractivity contribution is -0.139. The van der Waals surface area contributed by atoms with Crippen LogP contribution in [0.4, 0.5) is 13.2 Å². The quantitative estimate of drug-likeness (QED) is 0.159. The van der Waals surface area contributed by atoms with Crippen LogP contribution >= 0.6 is 8.60 Å². The fourth-order valence-electron chi connectivity index (χ4n) is 5.18. The second kappa shape index (κ2) is 14.1. The molecule has 2 aliphatic rings. The summed E-state index contributed by atoms with van der Waals surface area (Å²) < 4.78 is 71.9. The number of aliphatic imine (C=N–C) groups is 1. The van der Waals surface area contributed by atoms with E-state index < -0.39 is 37.1 Å². The van der Waals surface area contributed by atoms with Crippen molar-refractivity contribution in [2.75, 3.05) is 19.8 Å². The summed E-state index contributed by atoms with van der Waals surface area (Å²) in [5, 5.41) is 0. The maximum atomic E-state index is 14.1. The van der Waals surface area contributed by atoms with E-state index in [1.54, 1.807) is 13.0 Å². The van der Waals surface area contributed by atoms with Crippen molar-refractivity contribution in [2.24, 2.45) is 4.99 Å². The van der Waals surface area contributed by atoms with E-state index in [0.29, 0.717) is 43.6 Å². The number of carbonyl (C=O) groups is 1. The number of alkyl halides is 3. The molecule has 4 rings (SSSR count). The highest BCUT2D eigenvalue weighted by atomic mass is 31.2. The average molecular weight is 652 g/mol. The largest absolute Gasteiger partial charge is 0.493 e. The Balaban J connectivity index is 1.39. The Morgan fingerprint density at radius 2 is 1.60 bits per heavy atom. The fraction of sp³-hybridized carbons (Fsp3) is 0.588. The van der Waals surface area contributed by atoms with E-state index in [2.05, 4.69) is 0 Å². The van der Waals surface area contributed by atoms with Gasteiger partial charge < -0.3 is 23.0 Å². The van der Waals surface area contributed by atoms with Gasteiger partial charge in [-0.2, -0.15) is 13.2 Å². The predicted molar refractivity (Wildman–Crippen MR) is 169 cm³/mol. The molecule has 1 unspecified atom stereocenters. The minimum absolute atomic E-state index is 0.135. The predicted octanol–water partition coefficient (Wildman–Crippen LogP) is 8.84. The summed E-state index contributed by atoms with van der Waals surface area (Å²) in [6.45, 7) is 13.8.